The van der Waals surface area contributed by atoms with E-state index in [1.807, 2.05) is 44.2 Å². The van der Waals surface area contributed by atoms with Crippen molar-refractivity contribution >= 4 is 17.5 Å². The maximum absolute atomic E-state index is 12.4. The van der Waals surface area contributed by atoms with Crippen LogP contribution in [0.3, 0.4) is 0 Å². The average molecular weight is 377 g/mol. The number of rotatable bonds is 6. The van der Waals surface area contributed by atoms with Gasteiger partial charge in [-0.25, -0.2) is 0 Å². The normalized spacial score (nSPS) is 17.2. The number of piperazine rings is 1. The van der Waals surface area contributed by atoms with Crippen LogP contribution in [0.5, 0.6) is 0 Å². The number of nitrogens with zero attached hydrogens (tertiary/aromatic N) is 3. The molecule has 1 saturated heterocycles. The molecule has 1 aliphatic rings. The first kappa shape index (κ1) is 18.9. The van der Waals surface area contributed by atoms with Gasteiger partial charge in [-0.2, -0.15) is 0 Å². The van der Waals surface area contributed by atoms with Crippen LogP contribution >= 0.6 is 11.6 Å². The van der Waals surface area contributed by atoms with Gasteiger partial charge in [-0.1, -0.05) is 28.9 Å². The monoisotopic (exact) mass is 376 g/mol. The zero-order valence-corrected chi connectivity index (χ0v) is 16.0. The maximum Gasteiger partial charge on any atom is 0.237 e. The number of hydrogen-bond donors (Lipinski definition) is 1. The molecule has 1 aliphatic heterocycles. The SMILES string of the molecule is Cc1cc(CN2CCN(C(C)C(=O)NCc3ccc(Cl)cc3)CC2)no1. The molecule has 0 bridgehead atoms. The third kappa shape index (κ3) is 5.06. The molecule has 2 heterocycles. The number of carbonyl (C=O) groups excluding carboxylic acids is 1. The summed E-state index contributed by atoms with van der Waals surface area (Å²) in [5.74, 6) is 0.894. The molecular weight excluding hydrogens is 352 g/mol. The third-order valence-electron chi connectivity index (χ3n) is 4.78. The summed E-state index contributed by atoms with van der Waals surface area (Å²) in [6.45, 7) is 8.75. The Balaban J connectivity index is 1.42. The number of aryl methyl sites for hydroxylation is 1. The lowest BCUT2D eigenvalue weighted by atomic mass is 10.2. The molecule has 1 aromatic heterocycles. The summed E-state index contributed by atoms with van der Waals surface area (Å²) in [6, 6.07) is 9.36. The van der Waals surface area contributed by atoms with Crippen LogP contribution in [0.15, 0.2) is 34.9 Å². The van der Waals surface area contributed by atoms with Crippen LogP contribution in [0, 0.1) is 6.92 Å². The minimum absolute atomic E-state index is 0.0560. The number of aromatic nitrogens is 1. The second kappa shape index (κ2) is 8.66. The van der Waals surface area contributed by atoms with Gasteiger partial charge in [0.1, 0.15) is 5.76 Å². The highest BCUT2D eigenvalue weighted by atomic mass is 35.5. The van der Waals surface area contributed by atoms with Crippen molar-refractivity contribution in [1.29, 1.82) is 0 Å². The Labute approximate surface area is 159 Å². The Bertz CT molecular complexity index is 723. The van der Waals surface area contributed by atoms with Gasteiger partial charge < -0.3 is 9.84 Å². The van der Waals surface area contributed by atoms with Gasteiger partial charge in [0.05, 0.1) is 11.7 Å². The Kier molecular flexibility index (Phi) is 6.29. The van der Waals surface area contributed by atoms with Crippen LogP contribution in [-0.4, -0.2) is 53.1 Å². The van der Waals surface area contributed by atoms with Gasteiger partial charge >= 0.3 is 0 Å². The molecule has 3 rings (SSSR count). The quantitative estimate of drug-likeness (QED) is 0.839. The summed E-state index contributed by atoms with van der Waals surface area (Å²) in [4.78, 5) is 17.0. The molecule has 6 nitrogen and oxygen atoms in total. The summed E-state index contributed by atoms with van der Waals surface area (Å²) < 4.78 is 5.12. The predicted octanol–water partition coefficient (Wildman–Crippen LogP) is 2.46. The Morgan fingerprint density at radius 3 is 2.58 bits per heavy atom. The second-order valence-corrected chi connectivity index (χ2v) is 7.20. The van der Waals surface area contributed by atoms with Gasteiger partial charge in [0, 0.05) is 50.4 Å². The number of carbonyl (C=O) groups is 1. The number of halogens is 1. The fraction of sp³-hybridized carbons (Fsp3) is 0.474. The van der Waals surface area contributed by atoms with E-state index in [1.165, 1.54) is 0 Å². The van der Waals surface area contributed by atoms with Gasteiger partial charge in [0.2, 0.25) is 5.91 Å². The highest BCUT2D eigenvalue weighted by Crippen LogP contribution is 2.12. The van der Waals surface area contributed by atoms with E-state index in [1.54, 1.807) is 0 Å². The highest BCUT2D eigenvalue weighted by Gasteiger charge is 2.25. The molecule has 1 atom stereocenters. The van der Waals surface area contributed by atoms with E-state index in [0.29, 0.717) is 11.6 Å². The molecular formula is C19H25ClN4O2. The van der Waals surface area contributed by atoms with Gasteiger partial charge in [0.25, 0.3) is 0 Å². The van der Waals surface area contributed by atoms with Crippen molar-refractivity contribution in [3.63, 3.8) is 0 Å². The first-order valence-corrected chi connectivity index (χ1v) is 9.30. The van der Waals surface area contributed by atoms with Crippen molar-refractivity contribution in [3.05, 3.63) is 52.4 Å². The van der Waals surface area contributed by atoms with Crippen molar-refractivity contribution in [1.82, 2.24) is 20.3 Å². The van der Waals surface area contributed by atoms with Crippen LogP contribution in [0.2, 0.25) is 5.02 Å². The fourth-order valence-electron chi connectivity index (χ4n) is 3.14. The predicted molar refractivity (Wildman–Crippen MR) is 101 cm³/mol. The van der Waals surface area contributed by atoms with E-state index >= 15 is 0 Å². The zero-order valence-electron chi connectivity index (χ0n) is 15.2. The molecule has 2 aromatic rings. The van der Waals surface area contributed by atoms with E-state index in [4.69, 9.17) is 16.1 Å². The van der Waals surface area contributed by atoms with Crippen molar-refractivity contribution in [2.45, 2.75) is 33.0 Å². The summed E-state index contributed by atoms with van der Waals surface area (Å²) in [5, 5.41) is 7.76. The average Bonchev–Trinajstić information content (AvgIpc) is 3.06. The maximum atomic E-state index is 12.4. The van der Waals surface area contributed by atoms with Crippen molar-refractivity contribution < 1.29 is 9.32 Å². The van der Waals surface area contributed by atoms with Gasteiger partial charge in [0.15, 0.2) is 0 Å². The summed E-state index contributed by atoms with van der Waals surface area (Å²) in [5.41, 5.74) is 2.01. The molecule has 0 saturated carbocycles. The number of hydrogen-bond acceptors (Lipinski definition) is 5. The summed E-state index contributed by atoms with van der Waals surface area (Å²) >= 11 is 5.88. The van der Waals surface area contributed by atoms with Crippen LogP contribution in [0.25, 0.3) is 0 Å². The first-order valence-electron chi connectivity index (χ1n) is 8.92. The fourth-order valence-corrected chi connectivity index (χ4v) is 3.26. The van der Waals surface area contributed by atoms with Gasteiger partial charge in [-0.05, 0) is 31.5 Å². The molecule has 0 aliphatic carbocycles. The van der Waals surface area contributed by atoms with Crippen LogP contribution < -0.4 is 5.32 Å². The topological polar surface area (TPSA) is 61.6 Å². The lowest BCUT2D eigenvalue weighted by Crippen LogP contribution is -2.53. The first-order chi connectivity index (χ1) is 12.5. The van der Waals surface area contributed by atoms with E-state index in [-0.39, 0.29) is 11.9 Å². The number of amides is 1. The lowest BCUT2D eigenvalue weighted by molar-refractivity contribution is -0.126. The van der Waals surface area contributed by atoms with Crippen molar-refractivity contribution in [2.24, 2.45) is 0 Å². The molecule has 1 amide bonds. The van der Waals surface area contributed by atoms with Crippen molar-refractivity contribution in [2.75, 3.05) is 26.2 Å². The molecule has 0 radical (unpaired) electrons. The molecule has 140 valence electrons. The zero-order chi connectivity index (χ0) is 18.5. The van der Waals surface area contributed by atoms with E-state index in [9.17, 15) is 4.79 Å². The minimum Gasteiger partial charge on any atom is -0.361 e. The molecule has 26 heavy (non-hydrogen) atoms. The molecule has 1 N–H and O–H groups in total. The van der Waals surface area contributed by atoms with Gasteiger partial charge in [-0.15, -0.1) is 0 Å². The smallest absolute Gasteiger partial charge is 0.237 e. The van der Waals surface area contributed by atoms with Crippen LogP contribution in [0.4, 0.5) is 0 Å². The van der Waals surface area contributed by atoms with E-state index < -0.39 is 0 Å². The molecule has 7 heteroatoms. The minimum atomic E-state index is -0.140. The van der Waals surface area contributed by atoms with E-state index in [0.717, 1.165) is 49.7 Å². The number of nitrogens with one attached hydrogen (secondary N) is 1. The Morgan fingerprint density at radius 1 is 1.27 bits per heavy atom. The van der Waals surface area contributed by atoms with Crippen LogP contribution in [0.1, 0.15) is 23.9 Å². The Morgan fingerprint density at radius 2 is 1.96 bits per heavy atom. The molecule has 0 spiro atoms. The largest absolute Gasteiger partial charge is 0.361 e. The molecule has 1 unspecified atom stereocenters. The lowest BCUT2D eigenvalue weighted by Gasteiger charge is -2.37. The Hall–Kier alpha value is -1.89. The molecule has 1 fully saturated rings. The van der Waals surface area contributed by atoms with Crippen LogP contribution in [-0.2, 0) is 17.9 Å². The standard InChI is InChI=1S/C19H25ClN4O2/c1-14-11-18(22-26-14)13-23-7-9-24(10-8-23)15(2)19(25)21-12-16-3-5-17(20)6-4-16/h3-6,11,15H,7-10,12-13H2,1-2H3,(H,21,25). The van der Waals surface area contributed by atoms with Crippen molar-refractivity contribution in [3.8, 4) is 0 Å². The molecule has 1 aromatic carbocycles. The highest BCUT2D eigenvalue weighted by molar-refractivity contribution is 6.30. The summed E-state index contributed by atoms with van der Waals surface area (Å²) in [6.07, 6.45) is 0. The van der Waals surface area contributed by atoms with E-state index in [2.05, 4.69) is 20.3 Å². The summed E-state index contributed by atoms with van der Waals surface area (Å²) in [7, 11) is 0. The second-order valence-electron chi connectivity index (χ2n) is 6.76. The van der Waals surface area contributed by atoms with Gasteiger partial charge in [-0.3, -0.25) is 14.6 Å². The third-order valence-corrected chi connectivity index (χ3v) is 5.03. The number of benzene rings is 1.